The molecular weight excluding hydrogens is 412 g/mol. The van der Waals surface area contributed by atoms with Gasteiger partial charge in [-0.3, -0.25) is 14.8 Å². The normalized spacial score (nSPS) is 11.6. The molecule has 4 aromatic rings. The van der Waals surface area contributed by atoms with Crippen molar-refractivity contribution in [3.63, 3.8) is 0 Å². The number of rotatable bonds is 5. The van der Waals surface area contributed by atoms with Gasteiger partial charge in [0.1, 0.15) is 4.90 Å². The fourth-order valence-electron chi connectivity index (χ4n) is 2.98. The van der Waals surface area contributed by atoms with Crippen molar-refractivity contribution in [2.45, 2.75) is 18.7 Å². The van der Waals surface area contributed by atoms with E-state index in [1.807, 2.05) is 12.1 Å². The molecule has 0 bridgehead atoms. The Morgan fingerprint density at radius 3 is 2.45 bits per heavy atom. The van der Waals surface area contributed by atoms with Crippen LogP contribution in [-0.2, 0) is 10.0 Å². The predicted octanol–water partition coefficient (Wildman–Crippen LogP) is 3.73. The molecule has 0 unspecified atom stereocenters. The first-order chi connectivity index (χ1) is 13.9. The Balaban J connectivity index is 1.65. The van der Waals surface area contributed by atoms with Crippen LogP contribution in [0.3, 0.4) is 0 Å². The number of hydrogen-bond donors (Lipinski definition) is 2. The molecule has 0 saturated carbocycles. The zero-order valence-corrected chi connectivity index (χ0v) is 17.2. The van der Waals surface area contributed by atoms with Crippen LogP contribution in [0.15, 0.2) is 59.9 Å². The lowest BCUT2D eigenvalue weighted by atomic mass is 10.1. The van der Waals surface area contributed by atoms with Gasteiger partial charge in [0.05, 0.1) is 23.3 Å². The summed E-state index contributed by atoms with van der Waals surface area (Å²) in [6.07, 6.45) is 4.64. The van der Waals surface area contributed by atoms with Crippen molar-refractivity contribution >= 4 is 27.4 Å². The van der Waals surface area contributed by atoms with E-state index in [4.69, 9.17) is 11.6 Å². The maximum atomic E-state index is 13.0. The molecule has 0 aliphatic carbocycles. The molecule has 0 atom stereocenters. The fourth-order valence-corrected chi connectivity index (χ4v) is 4.33. The Bertz CT molecular complexity index is 1260. The highest BCUT2D eigenvalue weighted by Gasteiger charge is 2.24. The van der Waals surface area contributed by atoms with Gasteiger partial charge in [0, 0.05) is 28.5 Å². The first-order valence-corrected chi connectivity index (χ1v) is 10.5. The number of halogens is 1. The Labute approximate surface area is 172 Å². The monoisotopic (exact) mass is 428 g/mol. The summed E-state index contributed by atoms with van der Waals surface area (Å²) in [5.74, 6) is 0.232. The second-order valence-corrected chi connectivity index (χ2v) is 8.48. The molecule has 3 heterocycles. The minimum absolute atomic E-state index is 0.0697. The van der Waals surface area contributed by atoms with Crippen molar-refractivity contribution in [1.82, 2.24) is 25.0 Å². The Morgan fingerprint density at radius 1 is 1.07 bits per heavy atom. The molecule has 0 aliphatic heterocycles. The van der Waals surface area contributed by atoms with Gasteiger partial charge in [-0.05, 0) is 50.2 Å². The fraction of sp³-hybridized carbons (Fsp3) is 0.105. The Kier molecular flexibility index (Phi) is 4.85. The van der Waals surface area contributed by atoms with Gasteiger partial charge < -0.3 is 0 Å². The van der Waals surface area contributed by atoms with E-state index in [0.29, 0.717) is 22.0 Å². The van der Waals surface area contributed by atoms with Crippen LogP contribution in [0.1, 0.15) is 11.3 Å². The standard InChI is InChI=1S/C19H17ClN6O2S/c1-12-18(14-7-9-21-10-8-14)23-24-19(12)25-29(27,28)17-11-22-26(13(17)2)16-5-3-15(20)4-6-16/h3-11H,1-2H3,(H2,23,24,25). The average Bonchev–Trinajstić information content (AvgIpc) is 3.26. The second kappa shape index (κ2) is 7.34. The second-order valence-electron chi connectivity index (χ2n) is 6.40. The molecule has 10 heteroatoms. The van der Waals surface area contributed by atoms with Crippen molar-refractivity contribution in [2.75, 3.05) is 4.72 Å². The van der Waals surface area contributed by atoms with Crippen LogP contribution in [0.2, 0.25) is 5.02 Å². The van der Waals surface area contributed by atoms with E-state index in [1.165, 1.54) is 6.20 Å². The third kappa shape index (κ3) is 3.62. The van der Waals surface area contributed by atoms with Gasteiger partial charge in [-0.1, -0.05) is 11.6 Å². The quantitative estimate of drug-likeness (QED) is 0.503. The van der Waals surface area contributed by atoms with E-state index in [0.717, 1.165) is 11.3 Å². The molecule has 29 heavy (non-hydrogen) atoms. The van der Waals surface area contributed by atoms with Gasteiger partial charge in [-0.2, -0.15) is 10.2 Å². The van der Waals surface area contributed by atoms with Gasteiger partial charge >= 0.3 is 0 Å². The number of benzene rings is 1. The van der Waals surface area contributed by atoms with E-state index >= 15 is 0 Å². The van der Waals surface area contributed by atoms with Crippen molar-refractivity contribution in [3.05, 3.63) is 71.3 Å². The zero-order valence-electron chi connectivity index (χ0n) is 15.6. The minimum atomic E-state index is -3.88. The lowest BCUT2D eigenvalue weighted by Crippen LogP contribution is -2.15. The molecule has 2 N–H and O–H groups in total. The van der Waals surface area contributed by atoms with E-state index in [1.54, 1.807) is 55.2 Å². The smallest absolute Gasteiger partial charge is 0.266 e. The summed E-state index contributed by atoms with van der Waals surface area (Å²) < 4.78 is 30.0. The summed E-state index contributed by atoms with van der Waals surface area (Å²) in [5, 5.41) is 11.8. The third-order valence-electron chi connectivity index (χ3n) is 4.54. The van der Waals surface area contributed by atoms with Crippen LogP contribution in [0, 0.1) is 13.8 Å². The van der Waals surface area contributed by atoms with Crippen molar-refractivity contribution < 1.29 is 8.42 Å². The number of nitrogens with zero attached hydrogens (tertiary/aromatic N) is 4. The van der Waals surface area contributed by atoms with Crippen LogP contribution in [0.5, 0.6) is 0 Å². The summed E-state index contributed by atoms with van der Waals surface area (Å²) in [5.41, 5.74) is 3.45. The SMILES string of the molecule is Cc1c(NS(=O)(=O)c2cnn(-c3ccc(Cl)cc3)c2C)n[nH]c1-c1ccncc1. The van der Waals surface area contributed by atoms with Gasteiger partial charge in [0.2, 0.25) is 0 Å². The molecule has 0 aliphatic rings. The number of sulfonamides is 1. The van der Waals surface area contributed by atoms with Crippen molar-refractivity contribution in [3.8, 4) is 16.9 Å². The molecule has 0 fully saturated rings. The highest BCUT2D eigenvalue weighted by Crippen LogP contribution is 2.28. The minimum Gasteiger partial charge on any atom is -0.275 e. The van der Waals surface area contributed by atoms with Crippen molar-refractivity contribution in [2.24, 2.45) is 0 Å². The highest BCUT2D eigenvalue weighted by atomic mass is 35.5. The zero-order chi connectivity index (χ0) is 20.6. The maximum Gasteiger partial charge on any atom is 0.266 e. The van der Waals surface area contributed by atoms with E-state index in [9.17, 15) is 8.42 Å². The molecule has 0 saturated heterocycles. The van der Waals surface area contributed by atoms with E-state index in [2.05, 4.69) is 25.0 Å². The number of pyridine rings is 1. The van der Waals surface area contributed by atoms with Crippen LogP contribution in [0.4, 0.5) is 5.82 Å². The average molecular weight is 429 g/mol. The summed E-state index contributed by atoms with van der Waals surface area (Å²) >= 11 is 5.92. The molecule has 8 nitrogen and oxygen atoms in total. The van der Waals surface area contributed by atoms with Crippen LogP contribution < -0.4 is 4.72 Å². The molecule has 1 aromatic carbocycles. The maximum absolute atomic E-state index is 13.0. The summed E-state index contributed by atoms with van der Waals surface area (Å²) in [6, 6.07) is 10.6. The highest BCUT2D eigenvalue weighted by molar-refractivity contribution is 7.92. The Morgan fingerprint density at radius 2 is 1.76 bits per heavy atom. The third-order valence-corrected chi connectivity index (χ3v) is 6.23. The number of hydrogen-bond acceptors (Lipinski definition) is 5. The number of anilines is 1. The lowest BCUT2D eigenvalue weighted by Gasteiger charge is -2.08. The first-order valence-electron chi connectivity index (χ1n) is 8.65. The predicted molar refractivity (Wildman–Crippen MR) is 111 cm³/mol. The molecule has 0 amide bonds. The number of nitrogens with one attached hydrogen (secondary N) is 2. The Hall–Kier alpha value is -3.17. The van der Waals surface area contributed by atoms with Crippen LogP contribution in [0.25, 0.3) is 16.9 Å². The van der Waals surface area contributed by atoms with Crippen molar-refractivity contribution in [1.29, 1.82) is 0 Å². The van der Waals surface area contributed by atoms with E-state index < -0.39 is 10.0 Å². The van der Waals surface area contributed by atoms with Gasteiger partial charge in [0.25, 0.3) is 10.0 Å². The molecule has 0 spiro atoms. The summed E-state index contributed by atoms with van der Waals surface area (Å²) in [6.45, 7) is 3.48. The topological polar surface area (TPSA) is 106 Å². The largest absolute Gasteiger partial charge is 0.275 e. The number of aromatic amines is 1. The van der Waals surface area contributed by atoms with Crippen LogP contribution in [-0.4, -0.2) is 33.4 Å². The van der Waals surface area contributed by atoms with Crippen LogP contribution >= 0.6 is 11.6 Å². The molecular formula is C19H17ClN6O2S. The summed E-state index contributed by atoms with van der Waals surface area (Å²) in [7, 11) is -3.88. The first kappa shape index (κ1) is 19.2. The van der Waals surface area contributed by atoms with Gasteiger partial charge in [-0.15, -0.1) is 0 Å². The molecule has 3 aromatic heterocycles. The number of H-pyrrole nitrogens is 1. The van der Waals surface area contributed by atoms with Gasteiger partial charge in [-0.25, -0.2) is 13.1 Å². The molecule has 148 valence electrons. The molecule has 4 rings (SSSR count). The van der Waals surface area contributed by atoms with E-state index in [-0.39, 0.29) is 10.7 Å². The summed E-state index contributed by atoms with van der Waals surface area (Å²) in [4.78, 5) is 4.06. The van der Waals surface area contributed by atoms with Gasteiger partial charge in [0.15, 0.2) is 5.82 Å². The lowest BCUT2D eigenvalue weighted by molar-refractivity contribution is 0.600. The number of aromatic nitrogens is 5. The molecule has 0 radical (unpaired) electrons.